The van der Waals surface area contributed by atoms with Gasteiger partial charge in [-0.25, -0.2) is 4.79 Å². The van der Waals surface area contributed by atoms with E-state index in [0.717, 1.165) is 9.48 Å². The predicted molar refractivity (Wildman–Crippen MR) is 110 cm³/mol. The molecule has 1 heterocycles. The average molecular weight is 449 g/mol. The van der Waals surface area contributed by atoms with Crippen molar-refractivity contribution in [3.63, 3.8) is 0 Å². The number of rotatable bonds is 4. The minimum Gasteiger partial charge on any atom is -0.423 e. The first kappa shape index (κ1) is 18.8. The molecule has 142 valence electrons. The number of carbonyl (C=O) groups is 3. The summed E-state index contributed by atoms with van der Waals surface area (Å²) in [6.07, 6.45) is 1.40. The van der Waals surface area contributed by atoms with Crippen LogP contribution in [0.5, 0.6) is 5.75 Å². The van der Waals surface area contributed by atoms with E-state index in [1.165, 1.54) is 6.21 Å². The lowest BCUT2D eigenvalue weighted by Gasteiger charge is -2.06. The average Bonchev–Trinajstić information content (AvgIpc) is 2.98. The largest absolute Gasteiger partial charge is 0.423 e. The van der Waals surface area contributed by atoms with E-state index in [2.05, 4.69) is 21.0 Å². The van der Waals surface area contributed by atoms with Crippen molar-refractivity contribution in [1.29, 1.82) is 0 Å². The molecule has 29 heavy (non-hydrogen) atoms. The molecule has 0 atom stereocenters. The Bertz CT molecular complexity index is 1100. The second-order valence-electron chi connectivity index (χ2n) is 6.18. The van der Waals surface area contributed by atoms with Crippen LogP contribution in [-0.2, 0) is 0 Å². The van der Waals surface area contributed by atoms with Gasteiger partial charge in [0.25, 0.3) is 11.8 Å². The summed E-state index contributed by atoms with van der Waals surface area (Å²) in [5.41, 5.74) is 1.75. The molecule has 0 N–H and O–H groups in total. The number of carbonyl (C=O) groups excluding carboxylic acids is 3. The highest BCUT2D eigenvalue weighted by molar-refractivity contribution is 9.10. The highest BCUT2D eigenvalue weighted by Crippen LogP contribution is 2.22. The van der Waals surface area contributed by atoms with Crippen LogP contribution >= 0.6 is 15.9 Å². The summed E-state index contributed by atoms with van der Waals surface area (Å²) >= 11 is 3.31. The molecule has 3 aromatic rings. The lowest BCUT2D eigenvalue weighted by molar-refractivity contribution is 0.0658. The van der Waals surface area contributed by atoms with Gasteiger partial charge < -0.3 is 4.74 Å². The third kappa shape index (κ3) is 3.86. The van der Waals surface area contributed by atoms with Gasteiger partial charge >= 0.3 is 5.97 Å². The van der Waals surface area contributed by atoms with Crippen molar-refractivity contribution in [2.24, 2.45) is 5.10 Å². The Morgan fingerprint density at radius 2 is 1.45 bits per heavy atom. The molecule has 6 nitrogen and oxygen atoms in total. The number of hydrogen-bond acceptors (Lipinski definition) is 5. The maximum atomic E-state index is 12.3. The van der Waals surface area contributed by atoms with Crippen LogP contribution in [0.25, 0.3) is 0 Å². The van der Waals surface area contributed by atoms with Crippen molar-refractivity contribution in [2.45, 2.75) is 0 Å². The molecule has 0 saturated carbocycles. The van der Waals surface area contributed by atoms with Gasteiger partial charge in [0.05, 0.1) is 22.9 Å². The molecule has 2 amide bonds. The standard InChI is InChI=1S/C22H13BrN2O4/c23-16-9-7-15(8-10-16)22(28)29-17-11-5-14(6-12-17)13-24-25-20(26)18-3-1-2-4-19(18)21(25)27/h1-13H. The van der Waals surface area contributed by atoms with E-state index in [1.54, 1.807) is 72.8 Å². The molecule has 0 aliphatic carbocycles. The maximum absolute atomic E-state index is 12.3. The number of amides is 2. The maximum Gasteiger partial charge on any atom is 0.343 e. The summed E-state index contributed by atoms with van der Waals surface area (Å²) in [6.45, 7) is 0. The molecule has 0 aromatic heterocycles. The minimum atomic E-state index is -0.468. The van der Waals surface area contributed by atoms with Gasteiger partial charge in [0.1, 0.15) is 5.75 Å². The fourth-order valence-electron chi connectivity index (χ4n) is 2.78. The zero-order valence-electron chi connectivity index (χ0n) is 14.9. The first-order valence-corrected chi connectivity index (χ1v) is 9.42. The third-order valence-electron chi connectivity index (χ3n) is 4.27. The fraction of sp³-hybridized carbons (Fsp3) is 0. The van der Waals surface area contributed by atoms with Crippen molar-refractivity contribution >= 4 is 39.9 Å². The van der Waals surface area contributed by atoms with Crippen LogP contribution in [0.3, 0.4) is 0 Å². The van der Waals surface area contributed by atoms with Gasteiger partial charge in [0.2, 0.25) is 0 Å². The smallest absolute Gasteiger partial charge is 0.343 e. The number of hydrazone groups is 1. The Morgan fingerprint density at radius 1 is 0.862 bits per heavy atom. The lowest BCUT2D eigenvalue weighted by Crippen LogP contribution is -2.23. The van der Waals surface area contributed by atoms with Crippen molar-refractivity contribution in [3.05, 3.63) is 99.5 Å². The number of fused-ring (bicyclic) bond motifs is 1. The van der Waals surface area contributed by atoms with E-state index >= 15 is 0 Å². The van der Waals surface area contributed by atoms with Crippen molar-refractivity contribution in [1.82, 2.24) is 5.01 Å². The van der Waals surface area contributed by atoms with E-state index in [4.69, 9.17) is 4.74 Å². The number of imide groups is 1. The van der Waals surface area contributed by atoms with E-state index in [9.17, 15) is 14.4 Å². The van der Waals surface area contributed by atoms with Gasteiger partial charge in [-0.1, -0.05) is 28.1 Å². The van der Waals surface area contributed by atoms with Gasteiger partial charge in [-0.05, 0) is 66.2 Å². The van der Waals surface area contributed by atoms with Crippen molar-refractivity contribution in [3.8, 4) is 5.75 Å². The van der Waals surface area contributed by atoms with Crippen LogP contribution < -0.4 is 4.74 Å². The van der Waals surface area contributed by atoms with Gasteiger partial charge in [0.15, 0.2) is 0 Å². The molecule has 3 aromatic carbocycles. The molecule has 1 aliphatic rings. The zero-order chi connectivity index (χ0) is 20.4. The number of hydrogen-bond donors (Lipinski definition) is 0. The van der Waals surface area contributed by atoms with E-state index in [0.29, 0.717) is 28.0 Å². The monoisotopic (exact) mass is 448 g/mol. The molecular formula is C22H13BrN2O4. The second-order valence-corrected chi connectivity index (χ2v) is 7.09. The van der Waals surface area contributed by atoms with Crippen LogP contribution in [0.1, 0.15) is 36.6 Å². The Labute approximate surface area is 174 Å². The van der Waals surface area contributed by atoms with Gasteiger partial charge in [-0.2, -0.15) is 10.1 Å². The summed E-state index contributed by atoms with van der Waals surface area (Å²) < 4.78 is 6.20. The topological polar surface area (TPSA) is 76.0 Å². The van der Waals surface area contributed by atoms with Gasteiger partial charge in [0, 0.05) is 4.47 Å². The van der Waals surface area contributed by atoms with E-state index in [-0.39, 0.29) is 0 Å². The van der Waals surface area contributed by atoms with Crippen LogP contribution in [-0.4, -0.2) is 29.0 Å². The Kier molecular flexibility index (Phi) is 5.05. The Morgan fingerprint density at radius 3 is 2.03 bits per heavy atom. The molecule has 0 radical (unpaired) electrons. The highest BCUT2D eigenvalue weighted by atomic mass is 79.9. The van der Waals surface area contributed by atoms with Crippen LogP contribution in [0.4, 0.5) is 0 Å². The number of esters is 1. The predicted octanol–water partition coefficient (Wildman–Crippen LogP) is 4.30. The second kappa shape index (κ2) is 7.81. The zero-order valence-corrected chi connectivity index (χ0v) is 16.5. The molecule has 0 unspecified atom stereocenters. The molecule has 4 rings (SSSR count). The number of nitrogens with zero attached hydrogens (tertiary/aromatic N) is 2. The van der Waals surface area contributed by atoms with Gasteiger partial charge in [-0.3, -0.25) is 9.59 Å². The molecule has 0 spiro atoms. The third-order valence-corrected chi connectivity index (χ3v) is 4.79. The normalized spacial score (nSPS) is 13.1. The number of ether oxygens (including phenoxy) is 1. The molecular weight excluding hydrogens is 436 g/mol. The Hall–Kier alpha value is -3.58. The molecule has 7 heteroatoms. The van der Waals surface area contributed by atoms with E-state index in [1.807, 2.05) is 0 Å². The summed E-state index contributed by atoms with van der Waals surface area (Å²) in [4.78, 5) is 36.7. The summed E-state index contributed by atoms with van der Waals surface area (Å²) in [5.74, 6) is -1.01. The van der Waals surface area contributed by atoms with Crippen molar-refractivity contribution in [2.75, 3.05) is 0 Å². The van der Waals surface area contributed by atoms with E-state index < -0.39 is 17.8 Å². The molecule has 1 aliphatic heterocycles. The van der Waals surface area contributed by atoms with Crippen LogP contribution in [0.2, 0.25) is 0 Å². The fourth-order valence-corrected chi connectivity index (χ4v) is 3.04. The van der Waals surface area contributed by atoms with Crippen LogP contribution in [0, 0.1) is 0 Å². The number of benzene rings is 3. The summed E-state index contributed by atoms with van der Waals surface area (Å²) in [7, 11) is 0. The van der Waals surface area contributed by atoms with Gasteiger partial charge in [-0.15, -0.1) is 0 Å². The number of halogens is 1. The van der Waals surface area contributed by atoms with Crippen LogP contribution in [0.15, 0.2) is 82.4 Å². The summed E-state index contributed by atoms with van der Waals surface area (Å²) in [6, 6.07) is 20.0. The molecule has 0 fully saturated rings. The quantitative estimate of drug-likeness (QED) is 0.258. The first-order chi connectivity index (χ1) is 14.0. The highest BCUT2D eigenvalue weighted by Gasteiger charge is 2.35. The molecule has 0 saturated heterocycles. The Balaban J connectivity index is 1.43. The minimum absolute atomic E-state index is 0.338. The van der Waals surface area contributed by atoms with Crippen molar-refractivity contribution < 1.29 is 19.1 Å². The SMILES string of the molecule is O=C(Oc1ccc(C=NN2C(=O)c3ccccc3C2=O)cc1)c1ccc(Br)cc1. The molecule has 0 bridgehead atoms. The first-order valence-electron chi connectivity index (χ1n) is 8.62. The summed E-state index contributed by atoms with van der Waals surface area (Å²) in [5, 5.41) is 4.85. The lowest BCUT2D eigenvalue weighted by atomic mass is 10.1.